The van der Waals surface area contributed by atoms with E-state index >= 15 is 0 Å². The van der Waals surface area contributed by atoms with Gasteiger partial charge in [0, 0.05) is 37.7 Å². The van der Waals surface area contributed by atoms with Gasteiger partial charge in [-0.25, -0.2) is 9.97 Å². The third-order valence-corrected chi connectivity index (χ3v) is 2.23. The van der Waals surface area contributed by atoms with Crippen LogP contribution in [0.4, 0.5) is 0 Å². The van der Waals surface area contributed by atoms with Crippen molar-refractivity contribution < 1.29 is 0 Å². The van der Waals surface area contributed by atoms with Crippen LogP contribution >= 0.6 is 0 Å². The molecule has 2 heterocycles. The Morgan fingerprint density at radius 3 is 2.62 bits per heavy atom. The van der Waals surface area contributed by atoms with Crippen LogP contribution in [0.1, 0.15) is 12.5 Å². The van der Waals surface area contributed by atoms with Crippen LogP contribution < -0.4 is 5.32 Å². The third-order valence-electron chi connectivity index (χ3n) is 2.23. The molecule has 0 radical (unpaired) electrons. The van der Waals surface area contributed by atoms with E-state index in [2.05, 4.69) is 27.3 Å². The minimum atomic E-state index is 0.667. The molecule has 2 aromatic heterocycles. The van der Waals surface area contributed by atoms with Gasteiger partial charge in [-0.05, 0) is 12.6 Å². The molecule has 0 atom stereocenters. The summed E-state index contributed by atoms with van der Waals surface area (Å²) in [6.07, 6.45) is 5.55. The van der Waals surface area contributed by atoms with Crippen LogP contribution in [-0.4, -0.2) is 26.3 Å². The molecule has 0 bridgehead atoms. The standard InChI is InChI=1S/C11H15N5/c1-3-12-6-9-7-13-11(14-8-9)10-4-5-16(2)15-10/h4-5,7-8,12H,3,6H2,1-2H3. The maximum Gasteiger partial charge on any atom is 0.180 e. The second-order valence-electron chi connectivity index (χ2n) is 3.57. The highest BCUT2D eigenvalue weighted by Gasteiger charge is 2.03. The van der Waals surface area contributed by atoms with Crippen molar-refractivity contribution in [1.29, 1.82) is 0 Å². The van der Waals surface area contributed by atoms with Gasteiger partial charge in [0.2, 0.25) is 0 Å². The highest BCUT2D eigenvalue weighted by molar-refractivity contribution is 5.47. The first kappa shape index (κ1) is 10.8. The number of hydrogen-bond donors (Lipinski definition) is 1. The van der Waals surface area contributed by atoms with E-state index in [4.69, 9.17) is 0 Å². The number of hydrogen-bond acceptors (Lipinski definition) is 4. The molecule has 0 aliphatic carbocycles. The second kappa shape index (κ2) is 4.85. The van der Waals surface area contributed by atoms with E-state index in [1.54, 1.807) is 4.68 Å². The van der Waals surface area contributed by atoms with Gasteiger partial charge in [0.05, 0.1) is 0 Å². The molecule has 5 heteroatoms. The summed E-state index contributed by atoms with van der Waals surface area (Å²) in [4.78, 5) is 8.58. The third kappa shape index (κ3) is 2.43. The smallest absolute Gasteiger partial charge is 0.180 e. The van der Waals surface area contributed by atoms with Crippen molar-refractivity contribution in [2.75, 3.05) is 6.54 Å². The normalized spacial score (nSPS) is 10.6. The van der Waals surface area contributed by atoms with Gasteiger partial charge in [0.15, 0.2) is 5.82 Å². The van der Waals surface area contributed by atoms with Crippen LogP contribution in [0.3, 0.4) is 0 Å². The van der Waals surface area contributed by atoms with Crippen molar-refractivity contribution in [1.82, 2.24) is 25.1 Å². The van der Waals surface area contributed by atoms with Gasteiger partial charge in [-0.3, -0.25) is 4.68 Å². The molecule has 0 saturated carbocycles. The largest absolute Gasteiger partial charge is 0.313 e. The Morgan fingerprint density at radius 2 is 2.06 bits per heavy atom. The Labute approximate surface area is 94.5 Å². The van der Waals surface area contributed by atoms with Gasteiger partial charge in [-0.2, -0.15) is 5.10 Å². The minimum absolute atomic E-state index is 0.667. The molecular formula is C11H15N5. The fourth-order valence-corrected chi connectivity index (χ4v) is 1.38. The maximum absolute atomic E-state index is 4.29. The monoisotopic (exact) mass is 217 g/mol. The number of aryl methyl sites for hydroxylation is 1. The summed E-state index contributed by atoms with van der Waals surface area (Å²) in [6, 6.07) is 1.90. The van der Waals surface area contributed by atoms with E-state index < -0.39 is 0 Å². The van der Waals surface area contributed by atoms with E-state index in [0.29, 0.717) is 5.82 Å². The minimum Gasteiger partial charge on any atom is -0.313 e. The molecule has 5 nitrogen and oxygen atoms in total. The highest BCUT2D eigenvalue weighted by Crippen LogP contribution is 2.10. The lowest BCUT2D eigenvalue weighted by molar-refractivity contribution is 0.721. The Kier molecular flexibility index (Phi) is 3.26. The average Bonchev–Trinajstić information content (AvgIpc) is 2.74. The Hall–Kier alpha value is -1.75. The van der Waals surface area contributed by atoms with Crippen LogP contribution in [0.2, 0.25) is 0 Å². The molecule has 0 fully saturated rings. The molecule has 0 aliphatic heterocycles. The summed E-state index contributed by atoms with van der Waals surface area (Å²) in [6.45, 7) is 3.82. The van der Waals surface area contributed by atoms with Crippen LogP contribution in [0.25, 0.3) is 11.5 Å². The van der Waals surface area contributed by atoms with Crippen LogP contribution in [-0.2, 0) is 13.6 Å². The summed E-state index contributed by atoms with van der Waals surface area (Å²) in [5.41, 5.74) is 1.89. The quantitative estimate of drug-likeness (QED) is 0.829. The lowest BCUT2D eigenvalue weighted by Crippen LogP contribution is -2.12. The van der Waals surface area contributed by atoms with Crippen molar-refractivity contribution in [3.05, 3.63) is 30.2 Å². The van der Waals surface area contributed by atoms with E-state index in [1.165, 1.54) is 0 Å². The van der Waals surface area contributed by atoms with Gasteiger partial charge in [0.1, 0.15) is 5.69 Å². The molecule has 1 N–H and O–H groups in total. The lowest BCUT2D eigenvalue weighted by atomic mass is 10.3. The maximum atomic E-state index is 4.29. The van der Waals surface area contributed by atoms with Crippen molar-refractivity contribution in [2.24, 2.45) is 7.05 Å². The van der Waals surface area contributed by atoms with Crippen LogP contribution in [0.15, 0.2) is 24.7 Å². The SMILES string of the molecule is CCNCc1cnc(-c2ccn(C)n2)nc1. The van der Waals surface area contributed by atoms with Gasteiger partial charge in [-0.1, -0.05) is 6.92 Å². The zero-order valence-electron chi connectivity index (χ0n) is 9.51. The molecule has 0 saturated heterocycles. The average molecular weight is 217 g/mol. The zero-order valence-corrected chi connectivity index (χ0v) is 9.51. The summed E-state index contributed by atoms with van der Waals surface area (Å²) in [5, 5.41) is 7.48. The van der Waals surface area contributed by atoms with E-state index in [-0.39, 0.29) is 0 Å². The first-order valence-corrected chi connectivity index (χ1v) is 5.31. The highest BCUT2D eigenvalue weighted by atomic mass is 15.3. The lowest BCUT2D eigenvalue weighted by Gasteiger charge is -2.01. The Balaban J connectivity index is 2.13. The van der Waals surface area contributed by atoms with Crippen LogP contribution in [0, 0.1) is 0 Å². The van der Waals surface area contributed by atoms with Crippen LogP contribution in [0.5, 0.6) is 0 Å². The van der Waals surface area contributed by atoms with E-state index in [9.17, 15) is 0 Å². The number of nitrogens with one attached hydrogen (secondary N) is 1. The number of nitrogens with zero attached hydrogens (tertiary/aromatic N) is 4. The first-order chi connectivity index (χ1) is 7.79. The summed E-state index contributed by atoms with van der Waals surface area (Å²) in [5.74, 6) is 0.667. The fourth-order valence-electron chi connectivity index (χ4n) is 1.38. The summed E-state index contributed by atoms with van der Waals surface area (Å²) < 4.78 is 1.74. The van der Waals surface area contributed by atoms with Crippen molar-refractivity contribution in [3.8, 4) is 11.5 Å². The summed E-state index contributed by atoms with van der Waals surface area (Å²) >= 11 is 0. The molecular weight excluding hydrogens is 202 g/mol. The van der Waals surface area contributed by atoms with Crippen molar-refractivity contribution >= 4 is 0 Å². The van der Waals surface area contributed by atoms with Crippen molar-refractivity contribution in [3.63, 3.8) is 0 Å². The molecule has 2 aromatic rings. The van der Waals surface area contributed by atoms with E-state index in [1.807, 2.05) is 31.7 Å². The molecule has 0 aliphatic rings. The number of aromatic nitrogens is 4. The molecule has 2 rings (SSSR count). The van der Waals surface area contributed by atoms with Gasteiger partial charge in [0.25, 0.3) is 0 Å². The predicted octanol–water partition coefficient (Wildman–Crippen LogP) is 0.987. The topological polar surface area (TPSA) is 55.6 Å². The van der Waals surface area contributed by atoms with E-state index in [0.717, 1.165) is 24.3 Å². The Morgan fingerprint density at radius 1 is 1.31 bits per heavy atom. The Bertz CT molecular complexity index is 446. The molecule has 84 valence electrons. The first-order valence-electron chi connectivity index (χ1n) is 5.31. The molecule has 0 aromatic carbocycles. The molecule has 0 spiro atoms. The second-order valence-corrected chi connectivity index (χ2v) is 3.57. The predicted molar refractivity (Wildman–Crippen MR) is 61.6 cm³/mol. The fraction of sp³-hybridized carbons (Fsp3) is 0.364. The van der Waals surface area contributed by atoms with Crippen molar-refractivity contribution in [2.45, 2.75) is 13.5 Å². The molecule has 16 heavy (non-hydrogen) atoms. The molecule has 0 unspecified atom stereocenters. The van der Waals surface area contributed by atoms with Gasteiger partial charge < -0.3 is 5.32 Å². The van der Waals surface area contributed by atoms with Gasteiger partial charge in [-0.15, -0.1) is 0 Å². The zero-order chi connectivity index (χ0) is 11.4. The number of rotatable bonds is 4. The van der Waals surface area contributed by atoms with Gasteiger partial charge >= 0.3 is 0 Å². The summed E-state index contributed by atoms with van der Waals surface area (Å²) in [7, 11) is 1.88. The molecule has 0 amide bonds.